The zero-order valence-corrected chi connectivity index (χ0v) is 8.35. The summed E-state index contributed by atoms with van der Waals surface area (Å²) in [6.45, 7) is 5.65. The summed E-state index contributed by atoms with van der Waals surface area (Å²) >= 11 is 0. The standard InChI is InChI=1S/C12H16O2/c1-3-5-8-7(4-2)9-6-10(8)12(14)11(9)13/h3-5,9-14H,1,6H2,2H3/b7-4+,8-5+. The molecule has 14 heavy (non-hydrogen) atoms. The summed E-state index contributed by atoms with van der Waals surface area (Å²) in [5, 5.41) is 19.5. The van der Waals surface area contributed by atoms with Gasteiger partial charge >= 0.3 is 0 Å². The lowest BCUT2D eigenvalue weighted by Crippen LogP contribution is -2.34. The summed E-state index contributed by atoms with van der Waals surface area (Å²) < 4.78 is 0. The average molecular weight is 192 g/mol. The third kappa shape index (κ3) is 1.11. The largest absolute Gasteiger partial charge is 0.390 e. The topological polar surface area (TPSA) is 40.5 Å². The molecule has 76 valence electrons. The zero-order chi connectivity index (χ0) is 10.3. The highest BCUT2D eigenvalue weighted by Gasteiger charge is 2.51. The van der Waals surface area contributed by atoms with Crippen molar-refractivity contribution in [3.63, 3.8) is 0 Å². The van der Waals surface area contributed by atoms with Gasteiger partial charge in [0.2, 0.25) is 0 Å². The van der Waals surface area contributed by atoms with Crippen molar-refractivity contribution in [3.05, 3.63) is 36.0 Å². The fourth-order valence-electron chi connectivity index (χ4n) is 2.81. The minimum atomic E-state index is -0.588. The molecule has 2 bridgehead atoms. The van der Waals surface area contributed by atoms with Gasteiger partial charge in [0, 0.05) is 11.8 Å². The Morgan fingerprint density at radius 1 is 1.21 bits per heavy atom. The van der Waals surface area contributed by atoms with Crippen molar-refractivity contribution in [3.8, 4) is 0 Å². The first kappa shape index (κ1) is 9.69. The number of hydrogen-bond acceptors (Lipinski definition) is 2. The highest BCUT2D eigenvalue weighted by Crippen LogP contribution is 2.51. The third-order valence-corrected chi connectivity index (χ3v) is 3.42. The lowest BCUT2D eigenvalue weighted by molar-refractivity contribution is 0.00759. The van der Waals surface area contributed by atoms with E-state index in [9.17, 15) is 10.2 Å². The van der Waals surface area contributed by atoms with E-state index in [1.54, 1.807) is 6.08 Å². The van der Waals surface area contributed by atoms with Gasteiger partial charge in [0.15, 0.2) is 0 Å². The highest BCUT2D eigenvalue weighted by atomic mass is 16.3. The van der Waals surface area contributed by atoms with Crippen LogP contribution in [0.5, 0.6) is 0 Å². The first-order valence-corrected chi connectivity index (χ1v) is 5.06. The second-order valence-electron chi connectivity index (χ2n) is 4.03. The van der Waals surface area contributed by atoms with Crippen molar-refractivity contribution in [1.82, 2.24) is 0 Å². The van der Waals surface area contributed by atoms with Crippen LogP contribution in [0.25, 0.3) is 0 Å². The Labute approximate surface area is 84.3 Å². The average Bonchev–Trinajstić information content (AvgIpc) is 2.66. The summed E-state index contributed by atoms with van der Waals surface area (Å²) in [5.74, 6) is 0.241. The molecule has 0 aromatic carbocycles. The molecule has 0 heterocycles. The van der Waals surface area contributed by atoms with E-state index in [1.165, 1.54) is 5.57 Å². The van der Waals surface area contributed by atoms with Gasteiger partial charge in [-0.2, -0.15) is 0 Å². The van der Waals surface area contributed by atoms with Gasteiger partial charge in [-0.05, 0) is 24.5 Å². The monoisotopic (exact) mass is 192 g/mol. The van der Waals surface area contributed by atoms with Crippen molar-refractivity contribution in [2.24, 2.45) is 11.8 Å². The SMILES string of the molecule is C=C/C=C1\C(=C/C)C2CC1C(O)C2O. The molecule has 4 unspecified atom stereocenters. The van der Waals surface area contributed by atoms with E-state index < -0.39 is 12.2 Å². The van der Waals surface area contributed by atoms with Crippen molar-refractivity contribution in [2.45, 2.75) is 25.6 Å². The van der Waals surface area contributed by atoms with Gasteiger partial charge in [-0.1, -0.05) is 24.8 Å². The molecule has 0 amide bonds. The number of hydrogen-bond donors (Lipinski definition) is 2. The molecular formula is C12H16O2. The maximum Gasteiger partial charge on any atom is 0.0873 e. The van der Waals surface area contributed by atoms with Gasteiger partial charge in [0.1, 0.15) is 0 Å². The van der Waals surface area contributed by atoms with E-state index in [0.717, 1.165) is 12.0 Å². The number of fused-ring (bicyclic) bond motifs is 2. The van der Waals surface area contributed by atoms with Crippen LogP contribution in [0, 0.1) is 11.8 Å². The zero-order valence-electron chi connectivity index (χ0n) is 8.35. The fourth-order valence-corrected chi connectivity index (χ4v) is 2.81. The van der Waals surface area contributed by atoms with Crippen LogP contribution in [0.3, 0.4) is 0 Å². The first-order valence-electron chi connectivity index (χ1n) is 5.06. The lowest BCUT2D eigenvalue weighted by atomic mass is 9.85. The van der Waals surface area contributed by atoms with Crippen molar-refractivity contribution in [1.29, 1.82) is 0 Å². The molecule has 2 heteroatoms. The Kier molecular flexibility index (Phi) is 2.33. The molecule has 2 saturated carbocycles. The van der Waals surface area contributed by atoms with Crippen LogP contribution in [0.1, 0.15) is 13.3 Å². The minimum Gasteiger partial charge on any atom is -0.390 e. The van der Waals surface area contributed by atoms with Crippen molar-refractivity contribution >= 4 is 0 Å². The van der Waals surface area contributed by atoms with Gasteiger partial charge in [-0.15, -0.1) is 0 Å². The van der Waals surface area contributed by atoms with Gasteiger partial charge in [0.25, 0.3) is 0 Å². The van der Waals surface area contributed by atoms with Crippen molar-refractivity contribution in [2.75, 3.05) is 0 Å². The molecule has 4 atom stereocenters. The van der Waals surface area contributed by atoms with Crippen LogP contribution in [0.15, 0.2) is 36.0 Å². The molecule has 2 nitrogen and oxygen atoms in total. The molecular weight excluding hydrogens is 176 g/mol. The highest BCUT2D eigenvalue weighted by molar-refractivity contribution is 5.46. The molecule has 0 aliphatic heterocycles. The quantitative estimate of drug-likeness (QED) is 0.659. The van der Waals surface area contributed by atoms with E-state index in [-0.39, 0.29) is 11.8 Å². The summed E-state index contributed by atoms with van der Waals surface area (Å²) in [7, 11) is 0. The van der Waals surface area contributed by atoms with Crippen LogP contribution >= 0.6 is 0 Å². The molecule has 2 rings (SSSR count). The Hall–Kier alpha value is -0.860. The summed E-state index contributed by atoms with van der Waals surface area (Å²) in [6, 6.07) is 0. The molecule has 0 aromatic heterocycles. The minimum absolute atomic E-state index is 0.110. The van der Waals surface area contributed by atoms with Gasteiger partial charge in [0.05, 0.1) is 12.2 Å². The van der Waals surface area contributed by atoms with Gasteiger partial charge in [-0.3, -0.25) is 0 Å². The van der Waals surface area contributed by atoms with E-state index in [0.29, 0.717) is 0 Å². The fraction of sp³-hybridized carbons (Fsp3) is 0.500. The van der Waals surface area contributed by atoms with Crippen molar-refractivity contribution < 1.29 is 10.2 Å². The second kappa shape index (κ2) is 3.37. The molecule has 0 spiro atoms. The van der Waals surface area contributed by atoms with Crippen LogP contribution in [0.4, 0.5) is 0 Å². The second-order valence-corrected chi connectivity index (χ2v) is 4.03. The normalized spacial score (nSPS) is 46.5. The Morgan fingerprint density at radius 3 is 2.29 bits per heavy atom. The predicted molar refractivity (Wildman–Crippen MR) is 55.6 cm³/mol. The number of rotatable bonds is 1. The van der Waals surface area contributed by atoms with Crippen LogP contribution in [0.2, 0.25) is 0 Å². The third-order valence-electron chi connectivity index (χ3n) is 3.42. The Bertz CT molecular complexity index is 314. The molecule has 2 fully saturated rings. The number of aliphatic hydroxyl groups excluding tert-OH is 2. The molecule has 0 radical (unpaired) electrons. The Morgan fingerprint density at radius 2 is 1.79 bits per heavy atom. The Balaban J connectivity index is 2.39. The van der Waals surface area contributed by atoms with E-state index in [4.69, 9.17) is 0 Å². The predicted octanol–water partition coefficient (Wildman–Crippen LogP) is 1.42. The smallest absolute Gasteiger partial charge is 0.0873 e. The van der Waals surface area contributed by atoms with E-state index in [2.05, 4.69) is 6.58 Å². The maximum absolute atomic E-state index is 9.75. The molecule has 0 aromatic rings. The van der Waals surface area contributed by atoms with E-state index in [1.807, 2.05) is 19.1 Å². The first-order chi connectivity index (χ1) is 6.70. The van der Waals surface area contributed by atoms with E-state index >= 15 is 0 Å². The molecule has 2 N–H and O–H groups in total. The summed E-state index contributed by atoms with van der Waals surface area (Å²) in [5.41, 5.74) is 2.35. The van der Waals surface area contributed by atoms with Crippen LogP contribution in [-0.4, -0.2) is 22.4 Å². The molecule has 2 aliphatic carbocycles. The van der Waals surface area contributed by atoms with Crippen LogP contribution in [-0.2, 0) is 0 Å². The van der Waals surface area contributed by atoms with Crippen LogP contribution < -0.4 is 0 Å². The molecule has 2 aliphatic rings. The lowest BCUT2D eigenvalue weighted by Gasteiger charge is -2.27. The van der Waals surface area contributed by atoms with Gasteiger partial charge in [-0.25, -0.2) is 0 Å². The maximum atomic E-state index is 9.75. The number of aliphatic hydroxyl groups is 2. The number of allylic oxidation sites excluding steroid dienone is 3. The summed E-state index contributed by atoms with van der Waals surface area (Å²) in [4.78, 5) is 0. The van der Waals surface area contributed by atoms with Gasteiger partial charge < -0.3 is 10.2 Å². The molecule has 0 saturated heterocycles. The summed E-state index contributed by atoms with van der Waals surface area (Å²) in [6.07, 6.45) is 5.45.